The van der Waals surface area contributed by atoms with E-state index >= 15 is 0 Å². The van der Waals surface area contributed by atoms with Gasteiger partial charge in [-0.05, 0) is 58.5 Å². The SMILES string of the molecule is CN1CCCCC1CNC1CCOC2(CCC2)C1. The zero-order valence-corrected chi connectivity index (χ0v) is 11.8. The predicted octanol–water partition coefficient (Wildman–Crippen LogP) is 2.16. The largest absolute Gasteiger partial charge is 0.375 e. The molecule has 0 aromatic carbocycles. The van der Waals surface area contributed by atoms with Gasteiger partial charge in [-0.25, -0.2) is 0 Å². The molecule has 0 aromatic rings. The second kappa shape index (κ2) is 5.48. The molecular weight excluding hydrogens is 224 g/mol. The third-order valence-corrected chi connectivity index (χ3v) is 5.32. The number of rotatable bonds is 3. The van der Waals surface area contributed by atoms with Crippen LogP contribution in [-0.2, 0) is 4.74 Å². The Balaban J connectivity index is 1.44. The summed E-state index contributed by atoms with van der Waals surface area (Å²) in [6.07, 6.45) is 10.6. The Morgan fingerprint density at radius 2 is 2.11 bits per heavy atom. The van der Waals surface area contributed by atoms with Crippen molar-refractivity contribution in [3.8, 4) is 0 Å². The first-order valence-electron chi connectivity index (χ1n) is 7.85. The molecule has 3 aliphatic rings. The Hall–Kier alpha value is -0.120. The van der Waals surface area contributed by atoms with Crippen molar-refractivity contribution in [2.75, 3.05) is 26.7 Å². The molecule has 0 aromatic heterocycles. The average Bonchev–Trinajstić information content (AvgIpc) is 2.36. The predicted molar refractivity (Wildman–Crippen MR) is 73.8 cm³/mol. The Morgan fingerprint density at radius 3 is 2.83 bits per heavy atom. The van der Waals surface area contributed by atoms with Gasteiger partial charge in [0, 0.05) is 25.2 Å². The smallest absolute Gasteiger partial charge is 0.0697 e. The summed E-state index contributed by atoms with van der Waals surface area (Å²) in [6.45, 7) is 3.43. The van der Waals surface area contributed by atoms with Crippen LogP contribution >= 0.6 is 0 Å². The molecule has 3 nitrogen and oxygen atoms in total. The van der Waals surface area contributed by atoms with Crippen LogP contribution in [-0.4, -0.2) is 49.3 Å². The van der Waals surface area contributed by atoms with Crippen LogP contribution in [0.3, 0.4) is 0 Å². The molecule has 3 heteroatoms. The molecular formula is C15H28N2O. The van der Waals surface area contributed by atoms with Gasteiger partial charge in [0.2, 0.25) is 0 Å². The van der Waals surface area contributed by atoms with Crippen molar-refractivity contribution in [2.45, 2.75) is 69.1 Å². The Bertz CT molecular complexity index is 278. The zero-order chi connectivity index (χ0) is 12.4. The molecule has 2 unspecified atom stereocenters. The lowest BCUT2D eigenvalue weighted by Crippen LogP contribution is -2.53. The van der Waals surface area contributed by atoms with Crippen LogP contribution in [0.2, 0.25) is 0 Å². The van der Waals surface area contributed by atoms with E-state index in [2.05, 4.69) is 17.3 Å². The first kappa shape index (κ1) is 12.9. The first-order chi connectivity index (χ1) is 8.77. The Morgan fingerprint density at radius 1 is 1.22 bits per heavy atom. The fraction of sp³-hybridized carbons (Fsp3) is 1.00. The van der Waals surface area contributed by atoms with E-state index in [1.54, 1.807) is 0 Å². The quantitative estimate of drug-likeness (QED) is 0.833. The molecule has 0 bridgehead atoms. The summed E-state index contributed by atoms with van der Waals surface area (Å²) < 4.78 is 5.99. The number of likely N-dealkylation sites (N-methyl/N-ethyl adjacent to an activating group) is 1. The number of hydrogen-bond donors (Lipinski definition) is 1. The van der Waals surface area contributed by atoms with Crippen molar-refractivity contribution >= 4 is 0 Å². The molecule has 0 radical (unpaired) electrons. The maximum atomic E-state index is 5.99. The van der Waals surface area contributed by atoms with Gasteiger partial charge < -0.3 is 15.0 Å². The number of nitrogens with zero attached hydrogens (tertiary/aromatic N) is 1. The standard InChI is InChI=1S/C15H28N2O/c1-17-9-3-2-5-14(17)12-16-13-6-10-18-15(11-13)7-4-8-15/h13-14,16H,2-12H2,1H3. The highest BCUT2D eigenvalue weighted by Gasteiger charge is 2.42. The topological polar surface area (TPSA) is 24.5 Å². The summed E-state index contributed by atoms with van der Waals surface area (Å²) in [5.41, 5.74) is 0.286. The van der Waals surface area contributed by atoms with Gasteiger partial charge in [0.05, 0.1) is 5.60 Å². The van der Waals surface area contributed by atoms with Crippen molar-refractivity contribution in [2.24, 2.45) is 0 Å². The molecule has 2 saturated heterocycles. The second-order valence-electron chi connectivity index (χ2n) is 6.61. The number of piperidine rings is 1. The van der Waals surface area contributed by atoms with Crippen LogP contribution in [0.15, 0.2) is 0 Å². The fourth-order valence-corrected chi connectivity index (χ4v) is 3.83. The van der Waals surface area contributed by atoms with Gasteiger partial charge in [-0.2, -0.15) is 0 Å². The van der Waals surface area contributed by atoms with E-state index < -0.39 is 0 Å². The number of nitrogens with one attached hydrogen (secondary N) is 1. The van der Waals surface area contributed by atoms with Gasteiger partial charge in [-0.1, -0.05) is 6.42 Å². The van der Waals surface area contributed by atoms with Crippen molar-refractivity contribution in [1.82, 2.24) is 10.2 Å². The minimum absolute atomic E-state index is 0.286. The van der Waals surface area contributed by atoms with Crippen LogP contribution in [0.4, 0.5) is 0 Å². The molecule has 2 aliphatic heterocycles. The van der Waals surface area contributed by atoms with Crippen LogP contribution < -0.4 is 5.32 Å². The molecule has 1 aliphatic carbocycles. The summed E-state index contributed by atoms with van der Waals surface area (Å²) >= 11 is 0. The highest BCUT2D eigenvalue weighted by molar-refractivity contribution is 4.96. The zero-order valence-electron chi connectivity index (χ0n) is 11.8. The third-order valence-electron chi connectivity index (χ3n) is 5.32. The number of ether oxygens (including phenoxy) is 1. The van der Waals surface area contributed by atoms with Crippen LogP contribution in [0, 0.1) is 0 Å². The van der Waals surface area contributed by atoms with E-state index in [4.69, 9.17) is 4.74 Å². The maximum absolute atomic E-state index is 5.99. The second-order valence-corrected chi connectivity index (χ2v) is 6.61. The highest BCUT2D eigenvalue weighted by atomic mass is 16.5. The minimum Gasteiger partial charge on any atom is -0.375 e. The van der Waals surface area contributed by atoms with Gasteiger partial charge in [-0.15, -0.1) is 0 Å². The molecule has 1 saturated carbocycles. The lowest BCUT2D eigenvalue weighted by molar-refractivity contribution is -0.135. The van der Waals surface area contributed by atoms with E-state index in [1.165, 1.54) is 64.5 Å². The summed E-state index contributed by atoms with van der Waals surface area (Å²) in [5.74, 6) is 0. The lowest BCUT2D eigenvalue weighted by atomic mass is 9.74. The van der Waals surface area contributed by atoms with Crippen molar-refractivity contribution < 1.29 is 4.74 Å². The Kier molecular flexibility index (Phi) is 3.92. The summed E-state index contributed by atoms with van der Waals surface area (Å²) in [5, 5.41) is 3.82. The minimum atomic E-state index is 0.286. The molecule has 104 valence electrons. The summed E-state index contributed by atoms with van der Waals surface area (Å²) in [7, 11) is 2.28. The third kappa shape index (κ3) is 2.73. The van der Waals surface area contributed by atoms with Gasteiger partial charge >= 0.3 is 0 Å². The van der Waals surface area contributed by atoms with E-state index in [1.807, 2.05) is 0 Å². The fourth-order valence-electron chi connectivity index (χ4n) is 3.83. The summed E-state index contributed by atoms with van der Waals surface area (Å²) in [6, 6.07) is 1.47. The van der Waals surface area contributed by atoms with Crippen LogP contribution in [0.25, 0.3) is 0 Å². The average molecular weight is 252 g/mol. The monoisotopic (exact) mass is 252 g/mol. The van der Waals surface area contributed by atoms with E-state index in [0.29, 0.717) is 6.04 Å². The molecule has 0 amide bonds. The van der Waals surface area contributed by atoms with Crippen molar-refractivity contribution in [3.05, 3.63) is 0 Å². The van der Waals surface area contributed by atoms with Gasteiger partial charge in [0.25, 0.3) is 0 Å². The van der Waals surface area contributed by atoms with Crippen molar-refractivity contribution in [3.63, 3.8) is 0 Å². The first-order valence-corrected chi connectivity index (χ1v) is 7.85. The number of likely N-dealkylation sites (tertiary alicyclic amines) is 1. The molecule has 3 fully saturated rings. The van der Waals surface area contributed by atoms with Gasteiger partial charge in [0.1, 0.15) is 0 Å². The van der Waals surface area contributed by atoms with Crippen LogP contribution in [0.1, 0.15) is 51.4 Å². The molecule has 1 spiro atoms. The lowest BCUT2D eigenvalue weighted by Gasteiger charge is -2.47. The van der Waals surface area contributed by atoms with Gasteiger partial charge in [-0.3, -0.25) is 0 Å². The molecule has 2 heterocycles. The normalized spacial score (nSPS) is 36.5. The van der Waals surface area contributed by atoms with E-state index in [0.717, 1.165) is 12.6 Å². The van der Waals surface area contributed by atoms with Crippen LogP contribution in [0.5, 0.6) is 0 Å². The molecule has 2 atom stereocenters. The molecule has 18 heavy (non-hydrogen) atoms. The highest BCUT2D eigenvalue weighted by Crippen LogP contribution is 2.42. The van der Waals surface area contributed by atoms with E-state index in [9.17, 15) is 0 Å². The van der Waals surface area contributed by atoms with Gasteiger partial charge in [0.15, 0.2) is 0 Å². The Labute approximate surface area is 111 Å². The number of hydrogen-bond acceptors (Lipinski definition) is 3. The van der Waals surface area contributed by atoms with Crippen molar-refractivity contribution in [1.29, 1.82) is 0 Å². The maximum Gasteiger partial charge on any atom is 0.0697 e. The molecule has 1 N–H and O–H groups in total. The summed E-state index contributed by atoms with van der Waals surface area (Å²) in [4.78, 5) is 2.54. The molecule has 3 rings (SSSR count). The van der Waals surface area contributed by atoms with E-state index in [-0.39, 0.29) is 5.60 Å².